The minimum atomic E-state index is -0.417. The molecule has 0 aliphatic rings. The zero-order valence-corrected chi connectivity index (χ0v) is 16.8. The van der Waals surface area contributed by atoms with Gasteiger partial charge in [-0.2, -0.15) is 4.57 Å². The number of non-ortho nitro benzene ring substituents is 1. The van der Waals surface area contributed by atoms with Gasteiger partial charge < -0.3 is 12.4 Å². The van der Waals surface area contributed by atoms with Gasteiger partial charge in [0.2, 0.25) is 12.3 Å². The van der Waals surface area contributed by atoms with Crippen LogP contribution in [0, 0.1) is 10.1 Å². The van der Waals surface area contributed by atoms with E-state index in [0.717, 1.165) is 11.1 Å². The number of ketones is 1. The number of carbonyl (C=O) groups is 1. The molecule has 0 radical (unpaired) electrons. The van der Waals surface area contributed by atoms with Crippen LogP contribution in [0.1, 0.15) is 21.5 Å². The Hall–Kier alpha value is -2.47. The van der Waals surface area contributed by atoms with Crippen LogP contribution in [0.25, 0.3) is 0 Å². The molecule has 1 aromatic heterocycles. The number of Topliss-reactive ketones (excluding diaryl/α,β-unsaturated/α-hetero) is 1. The summed E-state index contributed by atoms with van der Waals surface area (Å²) >= 11 is 11.9. The standard InChI is InChI=1S/C20H15Cl2N2O3.ClH/c21-16-3-6-18(19(22)12-16)20(25)13-23-9-7-15(8-10-23)11-14-1-4-17(5-2-14)24(26)27;/h1-10,12H,11,13H2;1H/q+1;/p-1. The molecule has 3 aromatic rings. The van der Waals surface area contributed by atoms with Gasteiger partial charge in [0, 0.05) is 34.9 Å². The number of halogens is 3. The second-order valence-corrected chi connectivity index (χ2v) is 6.87. The van der Waals surface area contributed by atoms with Crippen molar-refractivity contribution in [3.63, 3.8) is 0 Å². The fourth-order valence-corrected chi connectivity index (χ4v) is 3.16. The largest absolute Gasteiger partial charge is 1.00 e. The predicted molar refractivity (Wildman–Crippen MR) is 103 cm³/mol. The summed E-state index contributed by atoms with van der Waals surface area (Å²) in [7, 11) is 0. The van der Waals surface area contributed by atoms with E-state index in [2.05, 4.69) is 0 Å². The number of rotatable bonds is 6. The van der Waals surface area contributed by atoms with Crippen LogP contribution in [0.2, 0.25) is 10.0 Å². The molecular weight excluding hydrogens is 423 g/mol. The molecule has 0 atom stereocenters. The number of pyridine rings is 1. The molecule has 2 aromatic carbocycles. The van der Waals surface area contributed by atoms with Gasteiger partial charge in [-0.3, -0.25) is 14.9 Å². The first-order valence-corrected chi connectivity index (χ1v) is 8.87. The third-order valence-electron chi connectivity index (χ3n) is 4.07. The van der Waals surface area contributed by atoms with E-state index in [9.17, 15) is 14.9 Å². The minimum absolute atomic E-state index is 0. The van der Waals surface area contributed by atoms with Gasteiger partial charge in [-0.15, -0.1) is 0 Å². The molecule has 0 saturated carbocycles. The van der Waals surface area contributed by atoms with Crippen molar-refractivity contribution in [2.75, 3.05) is 0 Å². The number of nitro groups is 1. The maximum absolute atomic E-state index is 12.4. The highest BCUT2D eigenvalue weighted by atomic mass is 35.5. The van der Waals surface area contributed by atoms with Crippen molar-refractivity contribution in [2.45, 2.75) is 13.0 Å². The van der Waals surface area contributed by atoms with E-state index in [1.807, 2.05) is 24.5 Å². The van der Waals surface area contributed by atoms with Crippen LogP contribution in [0.15, 0.2) is 67.0 Å². The fourth-order valence-electron chi connectivity index (χ4n) is 2.65. The first-order chi connectivity index (χ1) is 12.9. The number of nitro benzene ring substituents is 1. The molecule has 0 N–H and O–H groups in total. The summed E-state index contributed by atoms with van der Waals surface area (Å²) in [5, 5.41) is 11.5. The van der Waals surface area contributed by atoms with Crippen LogP contribution in [-0.4, -0.2) is 10.7 Å². The Kier molecular flexibility index (Phi) is 7.52. The lowest BCUT2D eigenvalue weighted by atomic mass is 10.1. The topological polar surface area (TPSA) is 64.1 Å². The van der Waals surface area contributed by atoms with Crippen molar-refractivity contribution in [2.24, 2.45) is 0 Å². The molecule has 5 nitrogen and oxygen atoms in total. The van der Waals surface area contributed by atoms with Crippen molar-refractivity contribution in [3.05, 3.63) is 104 Å². The van der Waals surface area contributed by atoms with Gasteiger partial charge in [-0.05, 0) is 35.7 Å². The lowest BCUT2D eigenvalue weighted by Crippen LogP contribution is -3.00. The van der Waals surface area contributed by atoms with Crippen LogP contribution < -0.4 is 17.0 Å². The van der Waals surface area contributed by atoms with Gasteiger partial charge >= 0.3 is 0 Å². The monoisotopic (exact) mass is 436 g/mol. The molecule has 3 rings (SSSR count). The lowest BCUT2D eigenvalue weighted by Gasteiger charge is -2.03. The normalized spacial score (nSPS) is 10.2. The SMILES string of the molecule is O=C(C[n+]1ccc(Cc2ccc([N+](=O)[O-])cc2)cc1)c1ccc(Cl)cc1Cl.[Cl-]. The minimum Gasteiger partial charge on any atom is -1.00 e. The van der Waals surface area contributed by atoms with Crippen LogP contribution in [0.4, 0.5) is 5.69 Å². The predicted octanol–water partition coefficient (Wildman–Crippen LogP) is 1.67. The summed E-state index contributed by atoms with van der Waals surface area (Å²) in [5.74, 6) is -0.107. The van der Waals surface area contributed by atoms with Gasteiger partial charge in [0.15, 0.2) is 12.4 Å². The maximum Gasteiger partial charge on any atom is 0.269 e. The van der Waals surface area contributed by atoms with Gasteiger partial charge in [0.05, 0.1) is 9.95 Å². The molecule has 0 unspecified atom stereocenters. The summed E-state index contributed by atoms with van der Waals surface area (Å²) in [4.78, 5) is 22.7. The number of aromatic nitrogens is 1. The summed E-state index contributed by atoms with van der Waals surface area (Å²) in [6, 6.07) is 15.1. The average molecular weight is 438 g/mol. The van der Waals surface area contributed by atoms with Gasteiger partial charge in [0.25, 0.3) is 5.69 Å². The van der Waals surface area contributed by atoms with Gasteiger partial charge in [-0.25, -0.2) is 0 Å². The molecule has 28 heavy (non-hydrogen) atoms. The molecule has 0 saturated heterocycles. The van der Waals surface area contributed by atoms with E-state index in [-0.39, 0.29) is 30.4 Å². The van der Waals surface area contributed by atoms with Crippen molar-refractivity contribution in [1.82, 2.24) is 0 Å². The van der Waals surface area contributed by atoms with E-state index in [1.54, 1.807) is 34.9 Å². The second-order valence-electron chi connectivity index (χ2n) is 6.03. The van der Waals surface area contributed by atoms with E-state index in [4.69, 9.17) is 23.2 Å². The van der Waals surface area contributed by atoms with E-state index >= 15 is 0 Å². The Morgan fingerprint density at radius 1 is 0.964 bits per heavy atom. The Morgan fingerprint density at radius 3 is 2.14 bits per heavy atom. The molecule has 0 fully saturated rings. The summed E-state index contributed by atoms with van der Waals surface area (Å²) in [5.41, 5.74) is 2.52. The first-order valence-electron chi connectivity index (χ1n) is 8.12. The highest BCUT2D eigenvalue weighted by Gasteiger charge is 2.15. The maximum atomic E-state index is 12.4. The average Bonchev–Trinajstić information content (AvgIpc) is 2.63. The van der Waals surface area contributed by atoms with E-state index in [1.165, 1.54) is 12.1 Å². The number of hydrogen-bond acceptors (Lipinski definition) is 3. The zero-order valence-electron chi connectivity index (χ0n) is 14.5. The fraction of sp³-hybridized carbons (Fsp3) is 0.100. The second kappa shape index (κ2) is 9.64. The molecule has 0 aliphatic heterocycles. The molecule has 1 heterocycles. The Labute approximate surface area is 178 Å². The summed E-state index contributed by atoms with van der Waals surface area (Å²) in [6.07, 6.45) is 4.29. The molecule has 0 bridgehead atoms. The van der Waals surface area contributed by atoms with E-state index < -0.39 is 4.92 Å². The Morgan fingerprint density at radius 2 is 1.57 bits per heavy atom. The van der Waals surface area contributed by atoms with Gasteiger partial charge in [0.1, 0.15) is 0 Å². The number of carbonyl (C=O) groups excluding carboxylic acids is 1. The van der Waals surface area contributed by atoms with Crippen LogP contribution in [0.5, 0.6) is 0 Å². The summed E-state index contributed by atoms with van der Waals surface area (Å²) < 4.78 is 1.77. The Bertz CT molecular complexity index is 991. The molecule has 0 amide bonds. The quantitative estimate of drug-likeness (QED) is 0.255. The number of hydrogen-bond donors (Lipinski definition) is 0. The lowest BCUT2D eigenvalue weighted by molar-refractivity contribution is -0.683. The number of nitrogens with zero attached hydrogens (tertiary/aromatic N) is 2. The molecule has 0 aliphatic carbocycles. The molecule has 8 heteroatoms. The van der Waals surface area contributed by atoms with Crippen molar-refractivity contribution < 1.29 is 26.7 Å². The first kappa shape index (κ1) is 21.8. The van der Waals surface area contributed by atoms with E-state index in [0.29, 0.717) is 22.0 Å². The third kappa shape index (κ3) is 5.52. The molecule has 144 valence electrons. The van der Waals surface area contributed by atoms with Crippen molar-refractivity contribution in [1.29, 1.82) is 0 Å². The van der Waals surface area contributed by atoms with Crippen LogP contribution in [0.3, 0.4) is 0 Å². The smallest absolute Gasteiger partial charge is 0.269 e. The van der Waals surface area contributed by atoms with Crippen LogP contribution >= 0.6 is 23.2 Å². The van der Waals surface area contributed by atoms with Gasteiger partial charge in [-0.1, -0.05) is 35.3 Å². The molecule has 0 spiro atoms. The van der Waals surface area contributed by atoms with Crippen molar-refractivity contribution in [3.8, 4) is 0 Å². The van der Waals surface area contributed by atoms with Crippen LogP contribution in [-0.2, 0) is 13.0 Å². The highest BCUT2D eigenvalue weighted by Crippen LogP contribution is 2.21. The number of benzene rings is 2. The Balaban J connectivity index is 0.00000280. The van der Waals surface area contributed by atoms with Crippen molar-refractivity contribution >= 4 is 34.7 Å². The molecular formula is C20H15Cl3N2O3. The zero-order chi connectivity index (χ0) is 19.4. The third-order valence-corrected chi connectivity index (χ3v) is 4.62. The summed E-state index contributed by atoms with van der Waals surface area (Å²) in [6.45, 7) is 0.166. The highest BCUT2D eigenvalue weighted by molar-refractivity contribution is 6.36.